The van der Waals surface area contributed by atoms with Crippen LogP contribution < -0.4 is 10.2 Å². The van der Waals surface area contributed by atoms with E-state index in [1.807, 2.05) is 24.3 Å². The van der Waals surface area contributed by atoms with Gasteiger partial charge in [0, 0.05) is 16.6 Å². The molecule has 0 spiro atoms. The molecule has 0 bridgehead atoms. The summed E-state index contributed by atoms with van der Waals surface area (Å²) in [6, 6.07) is 17.3. The lowest BCUT2D eigenvalue weighted by Crippen LogP contribution is -2.19. The Morgan fingerprint density at radius 2 is 1.59 bits per heavy atom. The molecule has 0 aliphatic heterocycles. The number of carbonyl (C=O) groups is 1. The van der Waals surface area contributed by atoms with Gasteiger partial charge in [-0.05, 0) is 84.9 Å². The van der Waals surface area contributed by atoms with Gasteiger partial charge >= 0.3 is 0 Å². The molecule has 0 fully saturated rings. The van der Waals surface area contributed by atoms with E-state index in [2.05, 4.69) is 58.3 Å². The fourth-order valence-electron chi connectivity index (χ4n) is 2.67. The second-order valence-electron chi connectivity index (χ2n) is 6.62. The molecule has 0 aromatic heterocycles. The van der Waals surface area contributed by atoms with Gasteiger partial charge in [0.2, 0.25) is 5.91 Å². The van der Waals surface area contributed by atoms with Gasteiger partial charge in [-0.25, -0.2) is 5.43 Å². The van der Waals surface area contributed by atoms with Crippen LogP contribution in [0.5, 0.6) is 5.75 Å². The molecular weight excluding hydrogens is 610 g/mol. The van der Waals surface area contributed by atoms with Crippen LogP contribution in [0.1, 0.15) is 16.7 Å². The molecule has 164 valence electrons. The monoisotopic (exact) mass is 623 g/mol. The number of carbonyl (C=O) groups excluding carboxylic acids is 1. The Bertz CT molecular complexity index is 1130. The summed E-state index contributed by atoms with van der Waals surface area (Å²) in [4.78, 5) is 22.3. The number of nitro benzene ring substituents is 1. The Balaban J connectivity index is 1.57. The number of rotatable bonds is 8. The molecule has 0 radical (unpaired) electrons. The van der Waals surface area contributed by atoms with Gasteiger partial charge in [0.15, 0.2) is 0 Å². The highest BCUT2D eigenvalue weighted by Crippen LogP contribution is 2.35. The van der Waals surface area contributed by atoms with Gasteiger partial charge < -0.3 is 4.74 Å². The van der Waals surface area contributed by atoms with Crippen LogP contribution in [0.2, 0.25) is 0 Å². The third-order valence-electron chi connectivity index (χ3n) is 4.23. The Kier molecular flexibility index (Phi) is 8.54. The maximum Gasteiger partial charge on any atom is 0.269 e. The zero-order valence-electron chi connectivity index (χ0n) is 16.4. The number of nitrogens with one attached hydrogen (secondary N) is 1. The van der Waals surface area contributed by atoms with Gasteiger partial charge in [0.1, 0.15) is 12.4 Å². The van der Waals surface area contributed by atoms with E-state index in [0.29, 0.717) is 14.7 Å². The van der Waals surface area contributed by atoms with Crippen LogP contribution in [-0.4, -0.2) is 17.0 Å². The number of non-ortho nitro benzene ring substituents is 1. The first kappa shape index (κ1) is 24.1. The van der Waals surface area contributed by atoms with Crippen LogP contribution in [0.4, 0.5) is 5.69 Å². The smallest absolute Gasteiger partial charge is 0.269 e. The summed E-state index contributed by atoms with van der Waals surface area (Å²) in [7, 11) is 0. The summed E-state index contributed by atoms with van der Waals surface area (Å²) < 4.78 is 8.18. The summed E-state index contributed by atoms with van der Waals surface area (Å²) in [6.45, 7) is 0.245. The lowest BCUT2D eigenvalue weighted by molar-refractivity contribution is -0.384. The average Bonchev–Trinajstić information content (AvgIpc) is 2.75. The topological polar surface area (TPSA) is 93.8 Å². The molecule has 1 N–H and O–H groups in total. The first-order chi connectivity index (χ1) is 15.3. The fraction of sp³-hybridized carbons (Fsp3) is 0.0909. The standard InChI is InChI=1S/C22H16Br3N3O4/c23-17-5-1-14(2-6-17)11-21(29)27-26-12-16-9-19(24)22(20(25)10-16)32-13-15-3-7-18(8-4-15)28(30)31/h1-10,12H,11,13H2,(H,27,29)/b26-12+. The van der Waals surface area contributed by atoms with Crippen molar-refractivity contribution in [1.82, 2.24) is 5.43 Å². The molecule has 3 aromatic rings. The highest BCUT2D eigenvalue weighted by atomic mass is 79.9. The highest BCUT2D eigenvalue weighted by Gasteiger charge is 2.10. The Morgan fingerprint density at radius 1 is 1.00 bits per heavy atom. The minimum Gasteiger partial charge on any atom is -0.487 e. The van der Waals surface area contributed by atoms with Crippen LogP contribution in [0, 0.1) is 10.1 Å². The van der Waals surface area contributed by atoms with Gasteiger partial charge in [0.05, 0.1) is 26.5 Å². The SMILES string of the molecule is O=C(Cc1ccc(Br)cc1)N/N=C/c1cc(Br)c(OCc2ccc([N+](=O)[O-])cc2)c(Br)c1. The lowest BCUT2D eigenvalue weighted by atomic mass is 10.1. The van der Waals surface area contributed by atoms with E-state index < -0.39 is 4.92 Å². The summed E-state index contributed by atoms with van der Waals surface area (Å²) in [6.07, 6.45) is 1.77. The molecule has 0 saturated heterocycles. The molecule has 0 unspecified atom stereocenters. The molecule has 0 heterocycles. The third-order valence-corrected chi connectivity index (χ3v) is 5.94. The average molecular weight is 626 g/mol. The molecule has 0 atom stereocenters. The molecule has 7 nitrogen and oxygen atoms in total. The molecule has 0 aliphatic rings. The van der Waals surface area contributed by atoms with Crippen LogP contribution in [0.15, 0.2) is 79.2 Å². The molecule has 0 saturated carbocycles. The van der Waals surface area contributed by atoms with Crippen LogP contribution >= 0.6 is 47.8 Å². The first-order valence-electron chi connectivity index (χ1n) is 9.23. The molecular formula is C22H16Br3N3O4. The summed E-state index contributed by atoms with van der Waals surface area (Å²) in [5, 5.41) is 14.8. The van der Waals surface area contributed by atoms with Crippen molar-refractivity contribution >= 4 is 65.6 Å². The van der Waals surface area contributed by atoms with E-state index in [1.165, 1.54) is 18.3 Å². The maximum absolute atomic E-state index is 12.0. The zero-order chi connectivity index (χ0) is 23.1. The number of hydrogen-bond donors (Lipinski definition) is 1. The van der Waals surface area contributed by atoms with Gasteiger partial charge in [-0.1, -0.05) is 28.1 Å². The van der Waals surface area contributed by atoms with Crippen molar-refractivity contribution in [2.75, 3.05) is 0 Å². The normalized spacial score (nSPS) is 10.8. The second kappa shape index (κ2) is 11.3. The number of amides is 1. The first-order valence-corrected chi connectivity index (χ1v) is 11.6. The summed E-state index contributed by atoms with van der Waals surface area (Å²) in [5.41, 5.74) is 4.98. The minimum absolute atomic E-state index is 0.0312. The predicted octanol–water partition coefficient (Wildman–Crippen LogP) is 6.15. The number of hydrogen-bond acceptors (Lipinski definition) is 5. The van der Waals surface area contributed by atoms with E-state index in [-0.39, 0.29) is 24.6 Å². The number of benzene rings is 3. The van der Waals surface area contributed by atoms with Crippen molar-refractivity contribution in [3.05, 3.63) is 101 Å². The quantitative estimate of drug-likeness (QED) is 0.184. The predicted molar refractivity (Wildman–Crippen MR) is 133 cm³/mol. The molecule has 32 heavy (non-hydrogen) atoms. The Morgan fingerprint density at radius 3 is 2.19 bits per heavy atom. The Labute approximate surface area is 209 Å². The molecule has 0 aliphatic carbocycles. The molecule has 10 heteroatoms. The minimum atomic E-state index is -0.443. The van der Waals surface area contributed by atoms with E-state index in [0.717, 1.165) is 21.2 Å². The number of hydrazone groups is 1. The second-order valence-corrected chi connectivity index (χ2v) is 9.25. The van der Waals surface area contributed by atoms with Crippen molar-refractivity contribution in [2.24, 2.45) is 5.10 Å². The zero-order valence-corrected chi connectivity index (χ0v) is 21.2. The van der Waals surface area contributed by atoms with E-state index >= 15 is 0 Å². The van der Waals surface area contributed by atoms with E-state index in [9.17, 15) is 14.9 Å². The lowest BCUT2D eigenvalue weighted by Gasteiger charge is -2.11. The number of nitro groups is 1. The van der Waals surface area contributed by atoms with Crippen LogP contribution in [0.3, 0.4) is 0 Å². The molecule has 3 rings (SSSR count). The van der Waals surface area contributed by atoms with Crippen LogP contribution in [0.25, 0.3) is 0 Å². The van der Waals surface area contributed by atoms with Crippen molar-refractivity contribution in [2.45, 2.75) is 13.0 Å². The van der Waals surface area contributed by atoms with Crippen molar-refractivity contribution in [3.63, 3.8) is 0 Å². The number of nitrogens with zero attached hydrogens (tertiary/aromatic N) is 2. The molecule has 1 amide bonds. The highest BCUT2D eigenvalue weighted by molar-refractivity contribution is 9.11. The number of ether oxygens (including phenoxy) is 1. The van der Waals surface area contributed by atoms with Gasteiger partial charge in [0.25, 0.3) is 5.69 Å². The van der Waals surface area contributed by atoms with E-state index in [4.69, 9.17) is 4.74 Å². The van der Waals surface area contributed by atoms with Crippen molar-refractivity contribution in [3.8, 4) is 5.75 Å². The van der Waals surface area contributed by atoms with Crippen LogP contribution in [-0.2, 0) is 17.8 Å². The van der Waals surface area contributed by atoms with Crippen molar-refractivity contribution in [1.29, 1.82) is 0 Å². The van der Waals surface area contributed by atoms with Crippen molar-refractivity contribution < 1.29 is 14.5 Å². The maximum atomic E-state index is 12.0. The summed E-state index contributed by atoms with van der Waals surface area (Å²) >= 11 is 10.3. The van der Waals surface area contributed by atoms with Gasteiger partial charge in [-0.2, -0.15) is 5.10 Å². The fourth-order valence-corrected chi connectivity index (χ4v) is 4.38. The van der Waals surface area contributed by atoms with E-state index in [1.54, 1.807) is 24.3 Å². The number of halogens is 3. The molecule has 3 aromatic carbocycles. The van der Waals surface area contributed by atoms with Gasteiger partial charge in [-0.3, -0.25) is 14.9 Å². The van der Waals surface area contributed by atoms with Gasteiger partial charge in [-0.15, -0.1) is 0 Å². The third kappa shape index (κ3) is 6.98. The Hall–Kier alpha value is -2.56. The largest absolute Gasteiger partial charge is 0.487 e. The summed E-state index contributed by atoms with van der Waals surface area (Å²) in [5.74, 6) is 0.365.